The topological polar surface area (TPSA) is 66.4 Å². The summed E-state index contributed by atoms with van der Waals surface area (Å²) in [4.78, 5) is 24.6. The molecule has 0 heterocycles. The van der Waals surface area contributed by atoms with Gasteiger partial charge in [-0.15, -0.1) is 0 Å². The quantitative estimate of drug-likeness (QED) is 0.589. The van der Waals surface area contributed by atoms with Crippen molar-refractivity contribution in [1.82, 2.24) is 5.32 Å². The van der Waals surface area contributed by atoms with E-state index in [2.05, 4.69) is 12.2 Å². The molecular formula is C24H23NO3. The molecule has 0 bridgehead atoms. The lowest BCUT2D eigenvalue weighted by molar-refractivity contribution is 0.0697. The highest BCUT2D eigenvalue weighted by Crippen LogP contribution is 2.25. The molecule has 2 N–H and O–H groups in total. The van der Waals surface area contributed by atoms with Crippen LogP contribution in [0.1, 0.15) is 52.1 Å². The van der Waals surface area contributed by atoms with Gasteiger partial charge in [0.1, 0.15) is 0 Å². The van der Waals surface area contributed by atoms with Gasteiger partial charge in [-0.25, -0.2) is 4.79 Å². The first-order chi connectivity index (χ1) is 13.6. The first-order valence-electron chi connectivity index (χ1n) is 9.38. The summed E-state index contributed by atoms with van der Waals surface area (Å²) in [5, 5.41) is 12.7. The molecule has 1 atom stereocenters. The van der Waals surface area contributed by atoms with E-state index in [0.717, 1.165) is 24.0 Å². The van der Waals surface area contributed by atoms with E-state index < -0.39 is 5.97 Å². The van der Waals surface area contributed by atoms with Gasteiger partial charge in [-0.2, -0.15) is 0 Å². The highest BCUT2D eigenvalue weighted by Gasteiger charge is 2.18. The summed E-state index contributed by atoms with van der Waals surface area (Å²) in [6.45, 7) is 2.07. The Kier molecular flexibility index (Phi) is 6.22. The Labute approximate surface area is 164 Å². The molecule has 3 aromatic rings. The van der Waals surface area contributed by atoms with Crippen LogP contribution in [0.5, 0.6) is 0 Å². The highest BCUT2D eigenvalue weighted by molar-refractivity contribution is 6.01. The van der Waals surface area contributed by atoms with Gasteiger partial charge in [-0.3, -0.25) is 4.79 Å². The van der Waals surface area contributed by atoms with Crippen molar-refractivity contribution in [3.8, 4) is 11.1 Å². The van der Waals surface area contributed by atoms with Crippen LogP contribution < -0.4 is 5.32 Å². The fourth-order valence-corrected chi connectivity index (χ4v) is 3.27. The Hall–Kier alpha value is -3.40. The number of rotatable bonds is 7. The van der Waals surface area contributed by atoms with E-state index in [4.69, 9.17) is 0 Å². The number of hydrogen-bond donors (Lipinski definition) is 2. The summed E-state index contributed by atoms with van der Waals surface area (Å²) in [6, 6.07) is 23.8. The number of carboxylic acid groups (broad SMARTS) is 1. The summed E-state index contributed by atoms with van der Waals surface area (Å²) in [7, 11) is 0. The van der Waals surface area contributed by atoms with Gasteiger partial charge in [0.25, 0.3) is 5.91 Å². The van der Waals surface area contributed by atoms with Crippen molar-refractivity contribution >= 4 is 11.9 Å². The van der Waals surface area contributed by atoms with Crippen LogP contribution in [0, 0.1) is 0 Å². The number of amides is 1. The summed E-state index contributed by atoms with van der Waals surface area (Å²) in [6.07, 6.45) is 1.73. The van der Waals surface area contributed by atoms with Gasteiger partial charge in [-0.1, -0.05) is 80.1 Å². The molecule has 142 valence electrons. The van der Waals surface area contributed by atoms with E-state index in [1.807, 2.05) is 60.7 Å². The molecule has 4 nitrogen and oxygen atoms in total. The normalized spacial score (nSPS) is 11.6. The van der Waals surface area contributed by atoms with Gasteiger partial charge < -0.3 is 10.4 Å². The second-order valence-corrected chi connectivity index (χ2v) is 6.66. The number of benzene rings is 3. The molecule has 0 spiro atoms. The molecule has 3 rings (SSSR count). The zero-order chi connectivity index (χ0) is 19.9. The molecule has 3 aromatic carbocycles. The van der Waals surface area contributed by atoms with Crippen molar-refractivity contribution in [3.05, 3.63) is 95.6 Å². The Balaban J connectivity index is 1.89. The van der Waals surface area contributed by atoms with Crippen molar-refractivity contribution in [1.29, 1.82) is 0 Å². The van der Waals surface area contributed by atoms with Gasteiger partial charge in [0.05, 0.1) is 11.6 Å². The maximum absolute atomic E-state index is 12.8. The van der Waals surface area contributed by atoms with Crippen LogP contribution in [0.15, 0.2) is 78.9 Å². The third kappa shape index (κ3) is 4.46. The van der Waals surface area contributed by atoms with E-state index in [1.165, 1.54) is 6.07 Å². The van der Waals surface area contributed by atoms with Crippen molar-refractivity contribution in [3.63, 3.8) is 0 Å². The number of aromatic carboxylic acids is 1. The molecule has 0 aliphatic rings. The van der Waals surface area contributed by atoms with Crippen LogP contribution in [-0.2, 0) is 0 Å². The van der Waals surface area contributed by atoms with E-state index in [-0.39, 0.29) is 17.5 Å². The maximum atomic E-state index is 12.8. The Bertz CT molecular complexity index is 952. The minimum Gasteiger partial charge on any atom is -0.478 e. The third-order valence-electron chi connectivity index (χ3n) is 4.68. The smallest absolute Gasteiger partial charge is 0.336 e. The third-order valence-corrected chi connectivity index (χ3v) is 4.68. The SMILES string of the molecule is CCC[C@@H](NC(=O)c1ccc(-c2ccccc2)c(C(=O)O)c1)c1ccccc1. The van der Waals surface area contributed by atoms with Crippen LogP contribution >= 0.6 is 0 Å². The number of hydrogen-bond acceptors (Lipinski definition) is 2. The van der Waals surface area contributed by atoms with Crippen molar-refractivity contribution < 1.29 is 14.7 Å². The number of carbonyl (C=O) groups is 2. The molecule has 0 saturated heterocycles. The Morgan fingerprint density at radius 2 is 1.57 bits per heavy atom. The fraction of sp³-hybridized carbons (Fsp3) is 0.167. The lowest BCUT2D eigenvalue weighted by atomic mass is 9.96. The molecule has 0 unspecified atom stereocenters. The zero-order valence-electron chi connectivity index (χ0n) is 15.8. The van der Waals surface area contributed by atoms with Gasteiger partial charge in [0, 0.05) is 5.56 Å². The number of carbonyl (C=O) groups excluding carboxylic acids is 1. The zero-order valence-corrected chi connectivity index (χ0v) is 15.8. The molecular weight excluding hydrogens is 350 g/mol. The lowest BCUT2D eigenvalue weighted by Crippen LogP contribution is -2.28. The summed E-state index contributed by atoms with van der Waals surface area (Å²) < 4.78 is 0. The molecule has 0 aliphatic heterocycles. The van der Waals surface area contributed by atoms with E-state index in [1.54, 1.807) is 12.1 Å². The maximum Gasteiger partial charge on any atom is 0.336 e. The molecule has 4 heteroatoms. The van der Waals surface area contributed by atoms with E-state index >= 15 is 0 Å². The molecule has 1 amide bonds. The van der Waals surface area contributed by atoms with Gasteiger partial charge in [0.15, 0.2) is 0 Å². The molecule has 0 radical (unpaired) electrons. The second-order valence-electron chi connectivity index (χ2n) is 6.66. The van der Waals surface area contributed by atoms with Crippen molar-refractivity contribution in [2.75, 3.05) is 0 Å². The van der Waals surface area contributed by atoms with Gasteiger partial charge in [-0.05, 0) is 35.2 Å². The van der Waals surface area contributed by atoms with Crippen LogP contribution in [0.3, 0.4) is 0 Å². The molecule has 28 heavy (non-hydrogen) atoms. The average molecular weight is 373 g/mol. The molecule has 0 saturated carbocycles. The first-order valence-corrected chi connectivity index (χ1v) is 9.38. The van der Waals surface area contributed by atoms with Crippen LogP contribution in [0.4, 0.5) is 0 Å². The van der Waals surface area contributed by atoms with Crippen molar-refractivity contribution in [2.24, 2.45) is 0 Å². The predicted molar refractivity (Wildman–Crippen MR) is 110 cm³/mol. The van der Waals surface area contributed by atoms with Gasteiger partial charge in [0.2, 0.25) is 0 Å². The van der Waals surface area contributed by atoms with Gasteiger partial charge >= 0.3 is 5.97 Å². The largest absolute Gasteiger partial charge is 0.478 e. The Morgan fingerprint density at radius 1 is 0.929 bits per heavy atom. The minimum atomic E-state index is -1.05. The van der Waals surface area contributed by atoms with Crippen LogP contribution in [-0.4, -0.2) is 17.0 Å². The summed E-state index contributed by atoms with van der Waals surface area (Å²) >= 11 is 0. The molecule has 0 fully saturated rings. The highest BCUT2D eigenvalue weighted by atomic mass is 16.4. The van der Waals surface area contributed by atoms with Crippen LogP contribution in [0.2, 0.25) is 0 Å². The second kappa shape index (κ2) is 9.00. The fourth-order valence-electron chi connectivity index (χ4n) is 3.27. The Morgan fingerprint density at radius 3 is 2.18 bits per heavy atom. The number of nitrogens with one attached hydrogen (secondary N) is 1. The van der Waals surface area contributed by atoms with E-state index in [9.17, 15) is 14.7 Å². The average Bonchev–Trinajstić information content (AvgIpc) is 2.74. The summed E-state index contributed by atoms with van der Waals surface area (Å²) in [5.74, 6) is -1.33. The monoisotopic (exact) mass is 373 g/mol. The first kappa shape index (κ1) is 19.4. The summed E-state index contributed by atoms with van der Waals surface area (Å²) in [5.41, 5.74) is 2.90. The minimum absolute atomic E-state index is 0.110. The van der Waals surface area contributed by atoms with Crippen molar-refractivity contribution in [2.45, 2.75) is 25.8 Å². The number of carboxylic acids is 1. The van der Waals surface area contributed by atoms with Crippen LogP contribution in [0.25, 0.3) is 11.1 Å². The predicted octanol–water partition coefficient (Wildman–Crippen LogP) is 5.32. The lowest BCUT2D eigenvalue weighted by Gasteiger charge is -2.19. The molecule has 0 aromatic heterocycles. The van der Waals surface area contributed by atoms with E-state index in [0.29, 0.717) is 11.1 Å². The molecule has 0 aliphatic carbocycles. The standard InChI is InChI=1S/C24H23NO3/c1-2-9-22(18-12-7-4-8-13-18)25-23(26)19-14-15-20(21(16-19)24(27)28)17-10-5-3-6-11-17/h3-8,10-16,22H,2,9H2,1H3,(H,25,26)(H,27,28)/t22-/m1/s1.